The Morgan fingerprint density at radius 2 is 2.19 bits per heavy atom. The van der Waals surface area contributed by atoms with E-state index in [-0.39, 0.29) is 0 Å². The van der Waals surface area contributed by atoms with Gasteiger partial charge in [-0.1, -0.05) is 23.4 Å². The van der Waals surface area contributed by atoms with E-state index >= 15 is 0 Å². The summed E-state index contributed by atoms with van der Waals surface area (Å²) in [4.78, 5) is 9.07. The largest absolute Gasteiger partial charge is 0.398 e. The summed E-state index contributed by atoms with van der Waals surface area (Å²) in [7, 11) is 0. The van der Waals surface area contributed by atoms with E-state index in [9.17, 15) is 0 Å². The molecule has 0 radical (unpaired) electrons. The van der Waals surface area contributed by atoms with Gasteiger partial charge in [0.05, 0.1) is 10.7 Å². The van der Waals surface area contributed by atoms with Crippen LogP contribution in [0.2, 0.25) is 5.02 Å². The van der Waals surface area contributed by atoms with Gasteiger partial charge in [-0.2, -0.15) is 0 Å². The number of aromatic nitrogens is 2. The van der Waals surface area contributed by atoms with Gasteiger partial charge in [-0.15, -0.1) is 0 Å². The first-order valence-corrected chi connectivity index (χ1v) is 5.86. The third-order valence-corrected chi connectivity index (χ3v) is 3.50. The summed E-state index contributed by atoms with van der Waals surface area (Å²) in [5.74, 6) is 0. The van der Waals surface area contributed by atoms with E-state index < -0.39 is 0 Å². The lowest BCUT2D eigenvalue weighted by molar-refractivity contribution is 1.05. The second kappa shape index (κ2) is 4.72. The lowest BCUT2D eigenvalue weighted by Crippen LogP contribution is -1.90. The smallest absolute Gasteiger partial charge is 0.116 e. The minimum atomic E-state index is 0.571. The van der Waals surface area contributed by atoms with Gasteiger partial charge in [0.25, 0.3) is 0 Å². The molecule has 0 aliphatic rings. The van der Waals surface area contributed by atoms with Crippen LogP contribution in [0.3, 0.4) is 0 Å². The summed E-state index contributed by atoms with van der Waals surface area (Å²) < 4.78 is 0. The molecule has 5 heteroatoms. The molecule has 0 fully saturated rings. The SMILES string of the molecule is Cc1cc(N)c(Cl)cc1Sc1ccncn1. The Bertz CT molecular complexity index is 502. The Morgan fingerprint density at radius 3 is 2.88 bits per heavy atom. The molecule has 3 nitrogen and oxygen atoms in total. The molecule has 1 heterocycles. The number of hydrogen-bond acceptors (Lipinski definition) is 4. The van der Waals surface area contributed by atoms with E-state index in [1.807, 2.05) is 25.1 Å². The van der Waals surface area contributed by atoms with Crippen molar-refractivity contribution < 1.29 is 0 Å². The number of aryl methyl sites for hydroxylation is 1. The number of rotatable bonds is 2. The Hall–Kier alpha value is -1.26. The first kappa shape index (κ1) is 11.2. The Labute approximate surface area is 103 Å². The van der Waals surface area contributed by atoms with Crippen LogP contribution in [0.4, 0.5) is 5.69 Å². The zero-order valence-electron chi connectivity index (χ0n) is 8.64. The standard InChI is InChI=1S/C11H10ClN3S/c1-7-4-9(13)8(12)5-10(7)16-11-2-3-14-6-15-11/h2-6H,13H2,1H3. The molecular weight excluding hydrogens is 242 g/mol. The van der Waals surface area contributed by atoms with Gasteiger partial charge in [0.2, 0.25) is 0 Å². The fraction of sp³-hybridized carbons (Fsp3) is 0.0909. The zero-order valence-corrected chi connectivity index (χ0v) is 10.2. The summed E-state index contributed by atoms with van der Waals surface area (Å²) in [6, 6.07) is 5.58. The van der Waals surface area contributed by atoms with Gasteiger partial charge >= 0.3 is 0 Å². The van der Waals surface area contributed by atoms with Gasteiger partial charge < -0.3 is 5.73 Å². The van der Waals surface area contributed by atoms with E-state index in [2.05, 4.69) is 9.97 Å². The second-order valence-corrected chi connectivity index (χ2v) is 4.76. The average Bonchev–Trinajstić information content (AvgIpc) is 2.27. The van der Waals surface area contributed by atoms with Crippen molar-refractivity contribution in [3.63, 3.8) is 0 Å². The van der Waals surface area contributed by atoms with Crippen LogP contribution in [-0.4, -0.2) is 9.97 Å². The van der Waals surface area contributed by atoms with Crippen molar-refractivity contribution in [3.8, 4) is 0 Å². The van der Waals surface area contributed by atoms with Gasteiger partial charge in [-0.05, 0) is 30.7 Å². The highest BCUT2D eigenvalue weighted by atomic mass is 35.5. The fourth-order valence-electron chi connectivity index (χ4n) is 1.25. The van der Waals surface area contributed by atoms with Gasteiger partial charge in [-0.3, -0.25) is 0 Å². The van der Waals surface area contributed by atoms with Crippen molar-refractivity contribution in [1.29, 1.82) is 0 Å². The molecule has 1 aromatic heterocycles. The molecular formula is C11H10ClN3S. The Kier molecular flexibility index (Phi) is 3.31. The molecule has 2 rings (SSSR count). The van der Waals surface area contributed by atoms with Crippen molar-refractivity contribution in [2.75, 3.05) is 5.73 Å². The molecule has 0 unspecified atom stereocenters. The fourth-order valence-corrected chi connectivity index (χ4v) is 2.33. The maximum Gasteiger partial charge on any atom is 0.116 e. The van der Waals surface area contributed by atoms with Crippen LogP contribution in [0.15, 0.2) is 40.6 Å². The predicted molar refractivity (Wildman–Crippen MR) is 66.8 cm³/mol. The lowest BCUT2D eigenvalue weighted by atomic mass is 10.2. The summed E-state index contributed by atoms with van der Waals surface area (Å²) in [6.45, 7) is 2.00. The number of anilines is 1. The van der Waals surface area contributed by atoms with Crippen LogP contribution in [0, 0.1) is 6.92 Å². The van der Waals surface area contributed by atoms with Crippen LogP contribution in [0.25, 0.3) is 0 Å². The van der Waals surface area contributed by atoms with Crippen molar-refractivity contribution in [2.24, 2.45) is 0 Å². The number of nitrogen functional groups attached to an aromatic ring is 1. The topological polar surface area (TPSA) is 51.8 Å². The minimum Gasteiger partial charge on any atom is -0.398 e. The summed E-state index contributed by atoms with van der Waals surface area (Å²) >= 11 is 7.53. The van der Waals surface area contributed by atoms with Gasteiger partial charge in [-0.25, -0.2) is 9.97 Å². The van der Waals surface area contributed by atoms with Crippen molar-refractivity contribution in [1.82, 2.24) is 9.97 Å². The van der Waals surface area contributed by atoms with E-state index in [0.717, 1.165) is 15.5 Å². The maximum atomic E-state index is 5.98. The molecule has 0 atom stereocenters. The van der Waals surface area contributed by atoms with Gasteiger partial charge in [0, 0.05) is 11.1 Å². The minimum absolute atomic E-state index is 0.571. The van der Waals surface area contributed by atoms with Crippen LogP contribution in [0.5, 0.6) is 0 Å². The average molecular weight is 252 g/mol. The summed E-state index contributed by atoms with van der Waals surface area (Å²) in [5.41, 5.74) is 7.41. The normalized spacial score (nSPS) is 10.4. The van der Waals surface area contributed by atoms with E-state index in [1.54, 1.807) is 18.0 Å². The molecule has 0 aliphatic carbocycles. The molecule has 0 saturated heterocycles. The van der Waals surface area contributed by atoms with Crippen LogP contribution >= 0.6 is 23.4 Å². The quantitative estimate of drug-likeness (QED) is 0.658. The molecule has 0 saturated carbocycles. The summed E-state index contributed by atoms with van der Waals surface area (Å²) in [6.07, 6.45) is 3.24. The van der Waals surface area contributed by atoms with Crippen molar-refractivity contribution in [2.45, 2.75) is 16.8 Å². The predicted octanol–water partition coefficient (Wildman–Crippen LogP) is 3.17. The van der Waals surface area contributed by atoms with E-state index in [1.165, 1.54) is 6.33 Å². The highest BCUT2D eigenvalue weighted by molar-refractivity contribution is 7.99. The molecule has 82 valence electrons. The summed E-state index contributed by atoms with van der Waals surface area (Å²) in [5, 5.41) is 1.46. The molecule has 2 aromatic rings. The Balaban J connectivity index is 2.32. The first-order chi connectivity index (χ1) is 7.66. The number of hydrogen-bond donors (Lipinski definition) is 1. The number of benzene rings is 1. The lowest BCUT2D eigenvalue weighted by Gasteiger charge is -2.07. The van der Waals surface area contributed by atoms with E-state index in [4.69, 9.17) is 17.3 Å². The molecule has 0 spiro atoms. The molecule has 0 aliphatic heterocycles. The van der Waals surface area contributed by atoms with E-state index in [0.29, 0.717) is 10.7 Å². The third kappa shape index (κ3) is 2.46. The molecule has 0 amide bonds. The highest BCUT2D eigenvalue weighted by Gasteiger charge is 2.05. The van der Waals surface area contributed by atoms with Crippen LogP contribution in [-0.2, 0) is 0 Å². The molecule has 16 heavy (non-hydrogen) atoms. The number of nitrogens with zero attached hydrogens (tertiary/aromatic N) is 2. The monoisotopic (exact) mass is 251 g/mol. The molecule has 0 bridgehead atoms. The van der Waals surface area contributed by atoms with Crippen molar-refractivity contribution >= 4 is 29.1 Å². The molecule has 2 N–H and O–H groups in total. The number of nitrogens with two attached hydrogens (primary N) is 1. The first-order valence-electron chi connectivity index (χ1n) is 4.66. The highest BCUT2D eigenvalue weighted by Crippen LogP contribution is 2.33. The molecule has 1 aromatic carbocycles. The Morgan fingerprint density at radius 1 is 1.38 bits per heavy atom. The second-order valence-electron chi connectivity index (χ2n) is 3.29. The van der Waals surface area contributed by atoms with Gasteiger partial charge in [0.15, 0.2) is 0 Å². The number of halogens is 1. The third-order valence-electron chi connectivity index (χ3n) is 2.06. The zero-order chi connectivity index (χ0) is 11.5. The van der Waals surface area contributed by atoms with Gasteiger partial charge in [0.1, 0.15) is 11.4 Å². The van der Waals surface area contributed by atoms with Crippen LogP contribution < -0.4 is 5.73 Å². The maximum absolute atomic E-state index is 5.98. The van der Waals surface area contributed by atoms with Crippen LogP contribution in [0.1, 0.15) is 5.56 Å². The van der Waals surface area contributed by atoms with Crippen molar-refractivity contribution in [3.05, 3.63) is 41.3 Å².